The first kappa shape index (κ1) is 15.8. The molecule has 0 aliphatic carbocycles. The van der Waals surface area contributed by atoms with E-state index in [1.165, 1.54) is 0 Å². The van der Waals surface area contributed by atoms with Gasteiger partial charge < -0.3 is 14.6 Å². The van der Waals surface area contributed by atoms with Crippen LogP contribution >= 0.6 is 0 Å². The Bertz CT molecular complexity index is 904. The van der Waals surface area contributed by atoms with Crippen LogP contribution in [-0.4, -0.2) is 17.3 Å². The highest BCUT2D eigenvalue weighted by Gasteiger charge is 2.26. The minimum Gasteiger partial charge on any atom is -0.507 e. The third kappa shape index (κ3) is 2.80. The van der Waals surface area contributed by atoms with Crippen LogP contribution in [0.1, 0.15) is 43.0 Å². The van der Waals surface area contributed by atoms with Gasteiger partial charge in [-0.1, -0.05) is 19.1 Å². The molecule has 2 aliphatic rings. The van der Waals surface area contributed by atoms with Gasteiger partial charge in [0.05, 0.1) is 5.56 Å². The molecule has 0 amide bonds. The highest BCUT2D eigenvalue weighted by molar-refractivity contribution is 5.89. The van der Waals surface area contributed by atoms with Crippen molar-refractivity contribution in [3.05, 3.63) is 58.7 Å². The maximum Gasteiger partial charge on any atom is 0.137 e. The molecular formula is C22H22O3. The number of ether oxygens (including phenoxy) is 2. The van der Waals surface area contributed by atoms with E-state index in [4.69, 9.17) is 9.47 Å². The van der Waals surface area contributed by atoms with Crippen molar-refractivity contribution >= 4 is 17.7 Å². The second-order valence-electron chi connectivity index (χ2n) is 7.10. The van der Waals surface area contributed by atoms with Gasteiger partial charge in [-0.3, -0.25) is 0 Å². The number of phenols is 1. The normalized spacial score (nSPS) is 17.0. The number of fused-ring (bicyclic) bond motifs is 3. The van der Waals surface area contributed by atoms with E-state index in [1.54, 1.807) is 0 Å². The molecule has 0 radical (unpaired) electrons. The predicted octanol–water partition coefficient (Wildman–Crippen LogP) is 5.07. The smallest absolute Gasteiger partial charge is 0.137 e. The van der Waals surface area contributed by atoms with Gasteiger partial charge in [-0.05, 0) is 62.3 Å². The van der Waals surface area contributed by atoms with Crippen LogP contribution in [0.25, 0.3) is 17.7 Å². The molecule has 0 unspecified atom stereocenters. The Kier molecular flexibility index (Phi) is 3.60. The second-order valence-corrected chi connectivity index (χ2v) is 7.10. The minimum atomic E-state index is -0.302. The summed E-state index contributed by atoms with van der Waals surface area (Å²) in [6, 6.07) is 9.86. The maximum absolute atomic E-state index is 10.3. The van der Waals surface area contributed by atoms with Crippen LogP contribution in [0.15, 0.2) is 36.4 Å². The van der Waals surface area contributed by atoms with Crippen molar-refractivity contribution in [2.75, 3.05) is 6.61 Å². The van der Waals surface area contributed by atoms with Crippen molar-refractivity contribution in [2.45, 2.75) is 32.8 Å². The molecule has 0 bridgehead atoms. The molecule has 0 saturated carbocycles. The fraction of sp³-hybridized carbons (Fsp3) is 0.273. The van der Waals surface area contributed by atoms with E-state index in [-0.39, 0.29) is 5.60 Å². The summed E-state index contributed by atoms with van der Waals surface area (Å²) in [6.45, 7) is 6.58. The van der Waals surface area contributed by atoms with Gasteiger partial charge in [-0.15, -0.1) is 0 Å². The molecule has 2 heterocycles. The minimum absolute atomic E-state index is 0.302. The Morgan fingerprint density at radius 1 is 1.16 bits per heavy atom. The summed E-state index contributed by atoms with van der Waals surface area (Å²) < 4.78 is 12.1. The topological polar surface area (TPSA) is 38.7 Å². The monoisotopic (exact) mass is 334 g/mol. The van der Waals surface area contributed by atoms with Gasteiger partial charge in [-0.25, -0.2) is 0 Å². The molecule has 128 valence electrons. The van der Waals surface area contributed by atoms with Gasteiger partial charge in [-0.2, -0.15) is 0 Å². The zero-order chi connectivity index (χ0) is 17.6. The van der Waals surface area contributed by atoms with Gasteiger partial charge in [0, 0.05) is 16.7 Å². The average Bonchev–Trinajstić information content (AvgIpc) is 2.60. The van der Waals surface area contributed by atoms with Crippen LogP contribution in [0.4, 0.5) is 0 Å². The van der Waals surface area contributed by atoms with Crippen molar-refractivity contribution in [3.8, 4) is 17.2 Å². The molecular weight excluding hydrogens is 312 g/mol. The van der Waals surface area contributed by atoms with Crippen LogP contribution in [0.2, 0.25) is 0 Å². The van der Waals surface area contributed by atoms with Crippen LogP contribution in [0.5, 0.6) is 17.2 Å². The summed E-state index contributed by atoms with van der Waals surface area (Å²) in [6.07, 6.45) is 7.12. The standard InChI is InChI=1S/C22H22O3/c1-4-14-5-7-17(19(23)11-14)16-12-15-6-8-20-18(21(15)24-13-16)9-10-22(2,3)25-20/h5-12,23H,4,13H2,1-3H3. The Morgan fingerprint density at radius 2 is 2.00 bits per heavy atom. The van der Waals surface area contributed by atoms with Crippen LogP contribution in [0, 0.1) is 0 Å². The lowest BCUT2D eigenvalue weighted by Crippen LogP contribution is -2.27. The molecule has 25 heavy (non-hydrogen) atoms. The van der Waals surface area contributed by atoms with E-state index in [2.05, 4.69) is 25.1 Å². The largest absolute Gasteiger partial charge is 0.507 e. The van der Waals surface area contributed by atoms with Gasteiger partial charge in [0.1, 0.15) is 29.5 Å². The van der Waals surface area contributed by atoms with Crippen LogP contribution < -0.4 is 9.47 Å². The number of aromatic hydroxyl groups is 1. The van der Waals surface area contributed by atoms with Gasteiger partial charge in [0.15, 0.2) is 0 Å². The summed E-state index contributed by atoms with van der Waals surface area (Å²) in [5.74, 6) is 2.00. The first-order valence-corrected chi connectivity index (χ1v) is 8.68. The van der Waals surface area contributed by atoms with Crippen molar-refractivity contribution < 1.29 is 14.6 Å². The molecule has 1 N–H and O–H groups in total. The Morgan fingerprint density at radius 3 is 2.76 bits per heavy atom. The predicted molar refractivity (Wildman–Crippen MR) is 101 cm³/mol. The Balaban J connectivity index is 1.75. The number of hydrogen-bond donors (Lipinski definition) is 1. The van der Waals surface area contributed by atoms with E-state index < -0.39 is 0 Å². The first-order valence-electron chi connectivity index (χ1n) is 8.68. The van der Waals surface area contributed by atoms with Crippen molar-refractivity contribution in [2.24, 2.45) is 0 Å². The fourth-order valence-electron chi connectivity index (χ4n) is 3.32. The van der Waals surface area contributed by atoms with Gasteiger partial charge >= 0.3 is 0 Å². The van der Waals surface area contributed by atoms with Crippen molar-refractivity contribution in [1.82, 2.24) is 0 Å². The third-order valence-corrected chi connectivity index (χ3v) is 4.73. The molecule has 4 rings (SSSR count). The maximum atomic E-state index is 10.3. The molecule has 0 saturated heterocycles. The molecule has 0 spiro atoms. The molecule has 0 aromatic heterocycles. The lowest BCUT2D eigenvalue weighted by atomic mass is 9.95. The van der Waals surface area contributed by atoms with Crippen molar-refractivity contribution in [3.63, 3.8) is 0 Å². The number of rotatable bonds is 2. The summed E-state index contributed by atoms with van der Waals surface area (Å²) >= 11 is 0. The van der Waals surface area contributed by atoms with Crippen molar-refractivity contribution in [1.29, 1.82) is 0 Å². The highest BCUT2D eigenvalue weighted by atomic mass is 16.5. The molecule has 2 aromatic carbocycles. The van der Waals surface area contributed by atoms with E-state index in [1.807, 2.05) is 44.2 Å². The number of hydrogen-bond acceptors (Lipinski definition) is 3. The van der Waals surface area contributed by atoms with E-state index in [0.29, 0.717) is 12.4 Å². The lowest BCUT2D eigenvalue weighted by Gasteiger charge is -2.30. The molecule has 2 aliphatic heterocycles. The number of aryl methyl sites for hydroxylation is 1. The summed E-state index contributed by atoms with van der Waals surface area (Å²) in [5.41, 5.74) is 4.62. The Labute approximate surface area is 148 Å². The first-order chi connectivity index (χ1) is 12.0. The average molecular weight is 334 g/mol. The SMILES string of the molecule is CCc1ccc(C2=Cc3ccc4c(c3OC2)C=CC(C)(C)O4)c(O)c1. The second kappa shape index (κ2) is 5.69. The summed E-state index contributed by atoms with van der Waals surface area (Å²) in [4.78, 5) is 0. The molecule has 3 heteroatoms. The summed E-state index contributed by atoms with van der Waals surface area (Å²) in [7, 11) is 0. The lowest BCUT2D eigenvalue weighted by molar-refractivity contribution is 0.158. The van der Waals surface area contributed by atoms with E-state index in [0.717, 1.165) is 45.7 Å². The molecule has 2 aromatic rings. The number of phenolic OH excluding ortho intramolecular Hbond substituents is 1. The van der Waals surface area contributed by atoms with Crippen LogP contribution in [-0.2, 0) is 6.42 Å². The third-order valence-electron chi connectivity index (χ3n) is 4.73. The zero-order valence-electron chi connectivity index (χ0n) is 14.8. The molecule has 0 atom stereocenters. The van der Waals surface area contributed by atoms with Crippen LogP contribution in [0.3, 0.4) is 0 Å². The zero-order valence-corrected chi connectivity index (χ0v) is 14.8. The van der Waals surface area contributed by atoms with Gasteiger partial charge in [0.2, 0.25) is 0 Å². The fourth-order valence-corrected chi connectivity index (χ4v) is 3.32. The van der Waals surface area contributed by atoms with E-state index >= 15 is 0 Å². The van der Waals surface area contributed by atoms with Gasteiger partial charge in [0.25, 0.3) is 0 Å². The molecule has 3 nitrogen and oxygen atoms in total. The Hall–Kier alpha value is -2.68. The van der Waals surface area contributed by atoms with E-state index in [9.17, 15) is 5.11 Å². The summed E-state index contributed by atoms with van der Waals surface area (Å²) in [5, 5.41) is 10.3. The quantitative estimate of drug-likeness (QED) is 0.833. The molecule has 0 fully saturated rings. The highest BCUT2D eigenvalue weighted by Crippen LogP contribution is 2.43. The number of benzene rings is 2.